The molecule has 8 heteroatoms. The van der Waals surface area contributed by atoms with Crippen molar-refractivity contribution < 1.29 is 23.9 Å². The fourth-order valence-electron chi connectivity index (χ4n) is 3.55. The Morgan fingerprint density at radius 1 is 0.513 bits per heavy atom. The van der Waals surface area contributed by atoms with Crippen LogP contribution in [0.3, 0.4) is 0 Å². The molecule has 3 amide bonds. The minimum atomic E-state index is -0.692. The Bertz CT molecular complexity index is 1390. The van der Waals surface area contributed by atoms with Gasteiger partial charge >= 0.3 is 0 Å². The molecule has 0 aliphatic carbocycles. The predicted molar refractivity (Wildman–Crippen MR) is 151 cm³/mol. The molecule has 0 bridgehead atoms. The number of rotatable bonds is 10. The SMILES string of the molecule is C[C@H](Oc1ccccc1)C(=O)Nc1ccc(C(=O)Nc2ccc(NC(=O)[C@@H](C)Oc3ccccc3)cc2)cc1. The van der Waals surface area contributed by atoms with Crippen LogP contribution < -0.4 is 25.4 Å². The fraction of sp³-hybridized carbons (Fsp3) is 0.129. The lowest BCUT2D eigenvalue weighted by Crippen LogP contribution is -2.30. The van der Waals surface area contributed by atoms with Crippen LogP contribution in [-0.2, 0) is 9.59 Å². The van der Waals surface area contributed by atoms with E-state index in [4.69, 9.17) is 9.47 Å². The second kappa shape index (κ2) is 12.9. The average Bonchev–Trinajstić information content (AvgIpc) is 2.95. The molecule has 2 atom stereocenters. The predicted octanol–water partition coefficient (Wildman–Crippen LogP) is 5.75. The fourth-order valence-corrected chi connectivity index (χ4v) is 3.55. The van der Waals surface area contributed by atoms with Gasteiger partial charge in [0.1, 0.15) is 11.5 Å². The van der Waals surface area contributed by atoms with Crippen molar-refractivity contribution in [1.82, 2.24) is 0 Å². The van der Waals surface area contributed by atoms with E-state index in [1.165, 1.54) is 0 Å². The van der Waals surface area contributed by atoms with Crippen molar-refractivity contribution in [2.24, 2.45) is 0 Å². The Kier molecular flexibility index (Phi) is 8.92. The van der Waals surface area contributed by atoms with Crippen molar-refractivity contribution in [1.29, 1.82) is 0 Å². The van der Waals surface area contributed by atoms with Crippen LogP contribution >= 0.6 is 0 Å². The first-order chi connectivity index (χ1) is 18.9. The molecule has 0 aromatic heterocycles. The van der Waals surface area contributed by atoms with Gasteiger partial charge in [0, 0.05) is 22.6 Å². The molecule has 0 saturated carbocycles. The second-order valence-corrected chi connectivity index (χ2v) is 8.73. The van der Waals surface area contributed by atoms with Crippen LogP contribution in [-0.4, -0.2) is 29.9 Å². The topological polar surface area (TPSA) is 106 Å². The van der Waals surface area contributed by atoms with Gasteiger partial charge < -0.3 is 25.4 Å². The van der Waals surface area contributed by atoms with Gasteiger partial charge in [-0.05, 0) is 86.6 Å². The molecule has 4 aromatic carbocycles. The maximum Gasteiger partial charge on any atom is 0.265 e. The van der Waals surface area contributed by atoms with Gasteiger partial charge in [-0.2, -0.15) is 0 Å². The zero-order chi connectivity index (χ0) is 27.6. The van der Waals surface area contributed by atoms with Crippen molar-refractivity contribution in [2.45, 2.75) is 26.1 Å². The van der Waals surface area contributed by atoms with Gasteiger partial charge in [0.05, 0.1) is 0 Å². The molecule has 3 N–H and O–H groups in total. The smallest absolute Gasteiger partial charge is 0.265 e. The molecular formula is C31H29N3O5. The summed E-state index contributed by atoms with van der Waals surface area (Å²) >= 11 is 0. The molecular weight excluding hydrogens is 494 g/mol. The van der Waals surface area contributed by atoms with Gasteiger partial charge in [-0.15, -0.1) is 0 Å². The van der Waals surface area contributed by atoms with Crippen LogP contribution in [0.2, 0.25) is 0 Å². The van der Waals surface area contributed by atoms with Crippen molar-refractivity contribution in [3.05, 3.63) is 115 Å². The van der Waals surface area contributed by atoms with Crippen LogP contribution in [0.25, 0.3) is 0 Å². The highest BCUT2D eigenvalue weighted by atomic mass is 16.5. The highest BCUT2D eigenvalue weighted by Crippen LogP contribution is 2.18. The Balaban J connectivity index is 1.26. The summed E-state index contributed by atoms with van der Waals surface area (Å²) in [6.45, 7) is 3.34. The molecule has 0 unspecified atom stereocenters. The third-order valence-electron chi connectivity index (χ3n) is 5.68. The number of para-hydroxylation sites is 2. The number of ether oxygens (including phenoxy) is 2. The van der Waals surface area contributed by atoms with Gasteiger partial charge in [0.2, 0.25) is 0 Å². The Morgan fingerprint density at radius 3 is 1.28 bits per heavy atom. The molecule has 0 aliphatic rings. The Hall–Kier alpha value is -5.11. The van der Waals surface area contributed by atoms with Gasteiger partial charge in [-0.3, -0.25) is 14.4 Å². The van der Waals surface area contributed by atoms with Crippen LogP contribution in [0.4, 0.5) is 17.1 Å². The molecule has 0 heterocycles. The number of anilines is 3. The maximum absolute atomic E-state index is 12.7. The van der Waals surface area contributed by atoms with E-state index >= 15 is 0 Å². The summed E-state index contributed by atoms with van der Waals surface area (Å²) in [5, 5.41) is 8.40. The number of hydrogen-bond donors (Lipinski definition) is 3. The summed E-state index contributed by atoms with van der Waals surface area (Å²) in [5.41, 5.74) is 2.11. The monoisotopic (exact) mass is 523 g/mol. The summed E-state index contributed by atoms with van der Waals surface area (Å²) in [4.78, 5) is 37.6. The zero-order valence-corrected chi connectivity index (χ0v) is 21.6. The summed E-state index contributed by atoms with van der Waals surface area (Å²) < 4.78 is 11.3. The minimum absolute atomic E-state index is 0.288. The average molecular weight is 524 g/mol. The Labute approximate surface area is 227 Å². The van der Waals surface area contributed by atoms with Gasteiger partial charge in [-0.25, -0.2) is 0 Å². The molecule has 0 saturated heterocycles. The Morgan fingerprint density at radius 2 is 0.872 bits per heavy atom. The summed E-state index contributed by atoms with van der Waals surface area (Å²) in [6.07, 6.45) is -1.37. The number of benzene rings is 4. The van der Waals surface area contributed by atoms with E-state index < -0.39 is 12.2 Å². The van der Waals surface area contributed by atoms with Gasteiger partial charge in [0.25, 0.3) is 17.7 Å². The summed E-state index contributed by atoms with van der Waals surface area (Å²) in [6, 6.07) is 31.5. The van der Waals surface area contributed by atoms with E-state index in [1.54, 1.807) is 86.6 Å². The van der Waals surface area contributed by atoms with Crippen molar-refractivity contribution in [2.75, 3.05) is 16.0 Å². The second-order valence-electron chi connectivity index (χ2n) is 8.73. The lowest BCUT2D eigenvalue weighted by molar-refractivity contribution is -0.122. The van der Waals surface area contributed by atoms with E-state index in [0.717, 1.165) is 0 Å². The highest BCUT2D eigenvalue weighted by molar-refractivity contribution is 6.05. The molecule has 4 rings (SSSR count). The molecule has 0 spiro atoms. The van der Waals surface area contributed by atoms with E-state index in [9.17, 15) is 14.4 Å². The number of carbonyl (C=O) groups is 3. The largest absolute Gasteiger partial charge is 0.481 e. The first kappa shape index (κ1) is 26.9. The van der Waals surface area contributed by atoms with E-state index in [2.05, 4.69) is 16.0 Å². The third-order valence-corrected chi connectivity index (χ3v) is 5.68. The van der Waals surface area contributed by atoms with E-state index in [0.29, 0.717) is 34.1 Å². The summed E-state index contributed by atoms with van der Waals surface area (Å²) in [5.74, 6) is 0.317. The molecule has 0 fully saturated rings. The third kappa shape index (κ3) is 7.93. The van der Waals surface area contributed by atoms with Gasteiger partial charge in [0.15, 0.2) is 12.2 Å². The summed E-state index contributed by atoms with van der Waals surface area (Å²) in [7, 11) is 0. The van der Waals surface area contributed by atoms with Crippen LogP contribution in [0.15, 0.2) is 109 Å². The molecule has 0 radical (unpaired) electrons. The highest BCUT2D eigenvalue weighted by Gasteiger charge is 2.16. The lowest BCUT2D eigenvalue weighted by atomic mass is 10.1. The zero-order valence-electron chi connectivity index (χ0n) is 21.6. The molecule has 4 aromatic rings. The lowest BCUT2D eigenvalue weighted by Gasteiger charge is -2.15. The number of carbonyl (C=O) groups excluding carboxylic acids is 3. The normalized spacial score (nSPS) is 11.9. The van der Waals surface area contributed by atoms with E-state index in [-0.39, 0.29) is 17.7 Å². The molecule has 8 nitrogen and oxygen atoms in total. The van der Waals surface area contributed by atoms with E-state index in [1.807, 2.05) is 36.4 Å². The first-order valence-electron chi connectivity index (χ1n) is 12.4. The minimum Gasteiger partial charge on any atom is -0.481 e. The standard InChI is InChI=1S/C31H29N3O5/c1-21(38-27-9-5-3-6-10-27)29(35)32-24-15-13-23(14-16-24)31(37)34-26-19-17-25(18-20-26)33-30(36)22(2)39-28-11-7-4-8-12-28/h3-22H,1-2H3,(H,32,35)(H,33,36)(H,34,37)/t21-,22+/m0/s1. The van der Waals surface area contributed by atoms with Crippen LogP contribution in [0, 0.1) is 0 Å². The van der Waals surface area contributed by atoms with Gasteiger partial charge in [-0.1, -0.05) is 36.4 Å². The maximum atomic E-state index is 12.7. The number of nitrogens with one attached hydrogen (secondary N) is 3. The number of amides is 3. The molecule has 39 heavy (non-hydrogen) atoms. The molecule has 0 aliphatic heterocycles. The van der Waals surface area contributed by atoms with Crippen molar-refractivity contribution >= 4 is 34.8 Å². The quantitative estimate of drug-likeness (QED) is 0.245. The van der Waals surface area contributed by atoms with Crippen molar-refractivity contribution in [3.8, 4) is 11.5 Å². The molecule has 198 valence electrons. The first-order valence-corrected chi connectivity index (χ1v) is 12.4. The number of hydrogen-bond acceptors (Lipinski definition) is 5. The van der Waals surface area contributed by atoms with Crippen molar-refractivity contribution in [3.63, 3.8) is 0 Å². The van der Waals surface area contributed by atoms with Crippen LogP contribution in [0.5, 0.6) is 11.5 Å². The van der Waals surface area contributed by atoms with Crippen LogP contribution in [0.1, 0.15) is 24.2 Å².